The lowest BCUT2D eigenvalue weighted by molar-refractivity contribution is 0.708. The Balaban J connectivity index is 1.86. The summed E-state index contributed by atoms with van der Waals surface area (Å²) < 4.78 is 3.95. The van der Waals surface area contributed by atoms with E-state index in [9.17, 15) is 4.79 Å². The SMILES string of the molecule is CCn1c(/C=C/c2cn(CC)c3ccccc23)nc2ccccc2c1=O. The van der Waals surface area contributed by atoms with E-state index in [0.29, 0.717) is 17.8 Å². The van der Waals surface area contributed by atoms with Crippen molar-refractivity contribution in [3.63, 3.8) is 0 Å². The van der Waals surface area contributed by atoms with Crippen LogP contribution in [0.15, 0.2) is 59.5 Å². The molecule has 0 spiro atoms. The van der Waals surface area contributed by atoms with E-state index in [0.717, 1.165) is 17.6 Å². The summed E-state index contributed by atoms with van der Waals surface area (Å²) in [7, 11) is 0. The lowest BCUT2D eigenvalue weighted by Gasteiger charge is -2.08. The van der Waals surface area contributed by atoms with E-state index in [1.165, 1.54) is 10.9 Å². The molecule has 0 radical (unpaired) electrons. The van der Waals surface area contributed by atoms with Crippen LogP contribution < -0.4 is 5.56 Å². The van der Waals surface area contributed by atoms with Crippen molar-refractivity contribution in [2.45, 2.75) is 26.9 Å². The maximum absolute atomic E-state index is 12.7. The molecule has 4 aromatic rings. The predicted octanol–water partition coefficient (Wildman–Crippen LogP) is 4.56. The Kier molecular flexibility index (Phi) is 4.17. The van der Waals surface area contributed by atoms with Gasteiger partial charge in [-0.05, 0) is 44.2 Å². The fourth-order valence-corrected chi connectivity index (χ4v) is 3.45. The lowest BCUT2D eigenvalue weighted by Crippen LogP contribution is -2.22. The minimum absolute atomic E-state index is 0.00809. The Morgan fingerprint density at radius 3 is 2.42 bits per heavy atom. The van der Waals surface area contributed by atoms with Gasteiger partial charge in [-0.2, -0.15) is 0 Å². The van der Waals surface area contributed by atoms with Crippen molar-refractivity contribution in [3.05, 3.63) is 76.5 Å². The Morgan fingerprint density at radius 1 is 0.923 bits per heavy atom. The molecule has 26 heavy (non-hydrogen) atoms. The zero-order valence-corrected chi connectivity index (χ0v) is 15.0. The Bertz CT molecular complexity index is 1180. The third kappa shape index (κ3) is 2.64. The molecule has 130 valence electrons. The van der Waals surface area contributed by atoms with Crippen molar-refractivity contribution in [1.82, 2.24) is 14.1 Å². The molecule has 0 N–H and O–H groups in total. The molecule has 2 aromatic heterocycles. The van der Waals surface area contributed by atoms with E-state index in [1.54, 1.807) is 4.57 Å². The average Bonchev–Trinajstić information content (AvgIpc) is 3.04. The Labute approximate surface area is 152 Å². The highest BCUT2D eigenvalue weighted by Crippen LogP contribution is 2.23. The van der Waals surface area contributed by atoms with Crippen LogP contribution in [0.5, 0.6) is 0 Å². The first-order valence-electron chi connectivity index (χ1n) is 8.98. The summed E-state index contributed by atoms with van der Waals surface area (Å²) in [4.78, 5) is 17.4. The molecule has 4 nitrogen and oxygen atoms in total. The van der Waals surface area contributed by atoms with Crippen molar-refractivity contribution in [3.8, 4) is 0 Å². The van der Waals surface area contributed by atoms with Crippen molar-refractivity contribution < 1.29 is 0 Å². The molecule has 0 unspecified atom stereocenters. The maximum atomic E-state index is 12.7. The van der Waals surface area contributed by atoms with Crippen LogP contribution in [0.4, 0.5) is 0 Å². The summed E-state index contributed by atoms with van der Waals surface area (Å²) in [6.07, 6.45) is 6.15. The third-order valence-corrected chi connectivity index (χ3v) is 4.78. The second-order valence-electron chi connectivity index (χ2n) is 6.26. The number of rotatable bonds is 4. The molecule has 0 aliphatic heterocycles. The molecule has 0 aliphatic rings. The van der Waals surface area contributed by atoms with Crippen LogP contribution in [0, 0.1) is 0 Å². The molecule has 4 rings (SSSR count). The van der Waals surface area contributed by atoms with Gasteiger partial charge in [-0.15, -0.1) is 0 Å². The molecule has 0 atom stereocenters. The van der Waals surface area contributed by atoms with Crippen LogP contribution in [0.3, 0.4) is 0 Å². The third-order valence-electron chi connectivity index (χ3n) is 4.78. The van der Waals surface area contributed by atoms with Crippen LogP contribution in [-0.4, -0.2) is 14.1 Å². The number of nitrogens with zero attached hydrogens (tertiary/aromatic N) is 3. The van der Waals surface area contributed by atoms with Crippen LogP contribution >= 0.6 is 0 Å². The monoisotopic (exact) mass is 343 g/mol. The minimum Gasteiger partial charge on any atom is -0.347 e. The number of aromatic nitrogens is 3. The number of para-hydroxylation sites is 2. The molecular weight excluding hydrogens is 322 g/mol. The van der Waals surface area contributed by atoms with Crippen LogP contribution in [0.25, 0.3) is 34.0 Å². The molecule has 0 fully saturated rings. The highest BCUT2D eigenvalue weighted by atomic mass is 16.1. The van der Waals surface area contributed by atoms with Gasteiger partial charge in [0.15, 0.2) is 0 Å². The molecular formula is C22H21N3O. The summed E-state index contributed by atoms with van der Waals surface area (Å²) in [6, 6.07) is 15.9. The van der Waals surface area contributed by atoms with Gasteiger partial charge in [-0.25, -0.2) is 4.98 Å². The van der Waals surface area contributed by atoms with Gasteiger partial charge < -0.3 is 4.57 Å². The summed E-state index contributed by atoms with van der Waals surface area (Å²) in [5, 5.41) is 1.87. The molecule has 0 aliphatic carbocycles. The molecule has 4 heteroatoms. The summed E-state index contributed by atoms with van der Waals surface area (Å²) in [5.41, 5.74) is 3.09. The minimum atomic E-state index is 0.00809. The van der Waals surface area contributed by atoms with Crippen LogP contribution in [-0.2, 0) is 13.1 Å². The van der Waals surface area contributed by atoms with Crippen molar-refractivity contribution in [2.75, 3.05) is 0 Å². The van der Waals surface area contributed by atoms with Gasteiger partial charge >= 0.3 is 0 Å². The number of hydrogen-bond donors (Lipinski definition) is 0. The zero-order valence-electron chi connectivity index (χ0n) is 15.0. The highest BCUT2D eigenvalue weighted by molar-refractivity contribution is 5.92. The molecule has 0 saturated carbocycles. The largest absolute Gasteiger partial charge is 0.347 e. The van der Waals surface area contributed by atoms with Gasteiger partial charge in [0.2, 0.25) is 0 Å². The average molecular weight is 343 g/mol. The summed E-state index contributed by atoms with van der Waals surface area (Å²) in [5.74, 6) is 0.685. The van der Waals surface area contributed by atoms with E-state index < -0.39 is 0 Å². The fourth-order valence-electron chi connectivity index (χ4n) is 3.45. The van der Waals surface area contributed by atoms with E-state index >= 15 is 0 Å². The first-order valence-corrected chi connectivity index (χ1v) is 8.98. The Hall–Kier alpha value is -3.14. The van der Waals surface area contributed by atoms with E-state index in [2.05, 4.69) is 48.0 Å². The summed E-state index contributed by atoms with van der Waals surface area (Å²) >= 11 is 0. The topological polar surface area (TPSA) is 39.8 Å². The molecule has 2 aromatic carbocycles. The summed E-state index contributed by atoms with van der Waals surface area (Å²) in [6.45, 7) is 5.62. The quantitative estimate of drug-likeness (QED) is 0.545. The van der Waals surface area contributed by atoms with Gasteiger partial charge in [-0.3, -0.25) is 9.36 Å². The first kappa shape index (κ1) is 16.3. The van der Waals surface area contributed by atoms with Crippen molar-refractivity contribution >= 4 is 34.0 Å². The molecule has 0 saturated heterocycles. The highest BCUT2D eigenvalue weighted by Gasteiger charge is 2.08. The number of aryl methyl sites for hydroxylation is 1. The van der Waals surface area contributed by atoms with Gasteiger partial charge in [0.05, 0.1) is 10.9 Å². The molecule has 0 bridgehead atoms. The van der Waals surface area contributed by atoms with Gasteiger partial charge in [-0.1, -0.05) is 30.3 Å². The van der Waals surface area contributed by atoms with Gasteiger partial charge in [0.1, 0.15) is 5.82 Å². The molecule has 2 heterocycles. The number of fused-ring (bicyclic) bond motifs is 2. The first-order chi connectivity index (χ1) is 12.7. The number of benzene rings is 2. The second kappa shape index (κ2) is 6.64. The molecule has 0 amide bonds. The lowest BCUT2D eigenvalue weighted by atomic mass is 10.1. The van der Waals surface area contributed by atoms with Crippen LogP contribution in [0.1, 0.15) is 25.2 Å². The maximum Gasteiger partial charge on any atom is 0.261 e. The van der Waals surface area contributed by atoms with Crippen molar-refractivity contribution in [2.24, 2.45) is 0 Å². The second-order valence-corrected chi connectivity index (χ2v) is 6.26. The Morgan fingerprint density at radius 2 is 1.65 bits per heavy atom. The fraction of sp³-hybridized carbons (Fsp3) is 0.182. The van der Waals surface area contributed by atoms with E-state index in [4.69, 9.17) is 4.98 Å². The van der Waals surface area contributed by atoms with Gasteiger partial charge in [0.25, 0.3) is 5.56 Å². The van der Waals surface area contributed by atoms with Gasteiger partial charge in [0, 0.05) is 35.8 Å². The zero-order chi connectivity index (χ0) is 18.1. The standard InChI is InChI=1S/C22H21N3O/c1-3-24-15-16(17-9-6-8-12-20(17)24)13-14-21-23-19-11-7-5-10-18(19)22(26)25(21)4-2/h5-15H,3-4H2,1-2H3/b14-13+. The normalized spacial score (nSPS) is 11.8. The number of hydrogen-bond acceptors (Lipinski definition) is 2. The smallest absolute Gasteiger partial charge is 0.261 e. The van der Waals surface area contributed by atoms with Crippen molar-refractivity contribution in [1.29, 1.82) is 0 Å². The predicted molar refractivity (Wildman–Crippen MR) is 108 cm³/mol. The van der Waals surface area contributed by atoms with Crippen LogP contribution in [0.2, 0.25) is 0 Å². The van der Waals surface area contributed by atoms with E-state index in [-0.39, 0.29) is 5.56 Å². The van der Waals surface area contributed by atoms with E-state index in [1.807, 2.05) is 37.3 Å².